The van der Waals surface area contributed by atoms with Gasteiger partial charge in [-0.15, -0.1) is 22.7 Å². The van der Waals surface area contributed by atoms with Gasteiger partial charge < -0.3 is 9.80 Å². The van der Waals surface area contributed by atoms with E-state index in [2.05, 4.69) is 229 Å². The van der Waals surface area contributed by atoms with Gasteiger partial charge >= 0.3 is 0 Å². The summed E-state index contributed by atoms with van der Waals surface area (Å²) in [5, 5.41) is 15.4. The Balaban J connectivity index is 0.903. The molecule has 4 aromatic heterocycles. The maximum absolute atomic E-state index is 4.53. The second kappa shape index (κ2) is 15.8. The Morgan fingerprint density at radius 3 is 1.14 bits per heavy atom. The summed E-state index contributed by atoms with van der Waals surface area (Å²) in [6, 6.07) is 73.9. The smallest absolute Gasteiger partial charge is 0.0540 e. The molecule has 2 aliphatic rings. The Labute approximate surface area is 459 Å². The minimum atomic E-state index is -0.300. The lowest BCUT2D eigenvalue weighted by Crippen LogP contribution is -2.30. The van der Waals surface area contributed by atoms with Gasteiger partial charge in [0.25, 0.3) is 0 Å². The summed E-state index contributed by atoms with van der Waals surface area (Å²) in [4.78, 5) is 14.2. The quantitative estimate of drug-likeness (QED) is 0.130. The molecule has 78 heavy (non-hydrogen) atoms. The van der Waals surface area contributed by atoms with Crippen molar-refractivity contribution >= 4 is 140 Å². The Morgan fingerprint density at radius 2 is 0.692 bits per heavy atom. The molecule has 11 aromatic carbocycles. The molecule has 4 nitrogen and oxygen atoms in total. The normalized spacial score (nSPS) is 14.6. The van der Waals surface area contributed by atoms with Gasteiger partial charge in [-0.05, 0) is 162 Å². The number of hydrogen-bond donors (Lipinski definition) is 0. The molecule has 17 rings (SSSR count). The summed E-state index contributed by atoms with van der Waals surface area (Å²) >= 11 is 3.78. The first-order chi connectivity index (χ1) is 38.2. The van der Waals surface area contributed by atoms with Crippen LogP contribution in [0.5, 0.6) is 0 Å². The van der Waals surface area contributed by atoms with E-state index in [1.54, 1.807) is 0 Å². The van der Waals surface area contributed by atoms with Crippen molar-refractivity contribution in [2.24, 2.45) is 0 Å². The number of thiophene rings is 2. The van der Waals surface area contributed by atoms with Crippen molar-refractivity contribution in [2.75, 3.05) is 9.80 Å². The molecular formula is C72H48N4S2. The van der Waals surface area contributed by atoms with Crippen LogP contribution >= 0.6 is 22.7 Å². The minimum Gasteiger partial charge on any atom is -0.309 e. The highest BCUT2D eigenvalue weighted by Crippen LogP contribution is 2.59. The van der Waals surface area contributed by atoms with Crippen molar-refractivity contribution in [3.8, 4) is 22.3 Å². The molecule has 0 atom stereocenters. The zero-order valence-electron chi connectivity index (χ0n) is 43.4. The minimum absolute atomic E-state index is 0.300. The molecule has 0 radical (unpaired) electrons. The van der Waals surface area contributed by atoms with E-state index in [1.165, 1.54) is 151 Å². The molecule has 0 bridgehead atoms. The maximum atomic E-state index is 4.53. The summed E-state index contributed by atoms with van der Waals surface area (Å²) < 4.78 is 5.23. The molecule has 0 unspecified atom stereocenters. The molecule has 15 aromatic rings. The number of nitrogens with zero attached hydrogens (tertiary/aromatic N) is 4. The third kappa shape index (κ3) is 5.99. The number of rotatable bonds is 4. The molecule has 0 saturated carbocycles. The number of aromatic nitrogens is 2. The second-order valence-corrected chi connectivity index (χ2v) is 24.7. The molecule has 0 N–H and O–H groups in total. The predicted octanol–water partition coefficient (Wildman–Crippen LogP) is 20.8. The summed E-state index contributed by atoms with van der Waals surface area (Å²) in [7, 11) is 0. The van der Waals surface area contributed by atoms with Crippen molar-refractivity contribution in [1.82, 2.24) is 9.97 Å². The van der Waals surface area contributed by atoms with E-state index in [4.69, 9.17) is 0 Å². The Bertz CT molecular complexity index is 4710. The highest BCUT2D eigenvalue weighted by atomic mass is 32.1. The third-order valence-corrected chi connectivity index (χ3v) is 20.0. The largest absolute Gasteiger partial charge is 0.309 e. The Hall–Kier alpha value is -8.94. The highest BCUT2D eigenvalue weighted by molar-refractivity contribution is 7.26. The fraction of sp³-hybridized carbons (Fsp3) is 0.0833. The second-order valence-electron chi connectivity index (χ2n) is 22.5. The molecular weight excluding hydrogens is 985 g/mol. The van der Waals surface area contributed by atoms with Gasteiger partial charge in [-0.1, -0.05) is 137 Å². The molecule has 0 amide bonds. The highest BCUT2D eigenvalue weighted by Gasteiger charge is 2.41. The van der Waals surface area contributed by atoms with Gasteiger partial charge in [0.1, 0.15) is 0 Å². The monoisotopic (exact) mass is 1030 g/mol. The van der Waals surface area contributed by atoms with Gasteiger partial charge in [0, 0.05) is 86.7 Å². The predicted molar refractivity (Wildman–Crippen MR) is 334 cm³/mol. The SMILES string of the molecule is CC1(C)c2cc(-c3cccnc3)ccc2N(c2ccc3c4cccc5c(N6c7ccc(-c8cccnc8)cc7C(C)(C)c7cc8c(cc76)sc6ccccc68)ccc(c6cccc2c63)c54)c2cc3sc4ccccc4c3cc21. The van der Waals surface area contributed by atoms with Gasteiger partial charge in [0.15, 0.2) is 0 Å². The van der Waals surface area contributed by atoms with Crippen molar-refractivity contribution < 1.29 is 0 Å². The number of hydrogen-bond acceptors (Lipinski definition) is 6. The molecule has 0 aliphatic carbocycles. The molecule has 368 valence electrons. The van der Waals surface area contributed by atoms with Crippen LogP contribution in [-0.4, -0.2) is 9.97 Å². The van der Waals surface area contributed by atoms with Gasteiger partial charge in [0.05, 0.1) is 34.1 Å². The lowest BCUT2D eigenvalue weighted by molar-refractivity contribution is 0.633. The van der Waals surface area contributed by atoms with E-state index >= 15 is 0 Å². The lowest BCUT2D eigenvalue weighted by Gasteiger charge is -2.43. The van der Waals surface area contributed by atoms with Crippen molar-refractivity contribution in [1.29, 1.82) is 0 Å². The van der Waals surface area contributed by atoms with Gasteiger partial charge in [0.2, 0.25) is 0 Å². The van der Waals surface area contributed by atoms with Gasteiger partial charge in [-0.25, -0.2) is 0 Å². The van der Waals surface area contributed by atoms with E-state index in [0.29, 0.717) is 0 Å². The van der Waals surface area contributed by atoms with Crippen LogP contribution in [0.4, 0.5) is 34.1 Å². The van der Waals surface area contributed by atoms with E-state index in [1.807, 2.05) is 59.6 Å². The van der Waals surface area contributed by atoms with Crippen LogP contribution in [0, 0.1) is 0 Å². The number of benzene rings is 11. The van der Waals surface area contributed by atoms with E-state index in [0.717, 1.165) is 11.1 Å². The first-order valence-corrected chi connectivity index (χ1v) is 28.6. The summed E-state index contributed by atoms with van der Waals surface area (Å²) in [6.45, 7) is 9.63. The lowest BCUT2D eigenvalue weighted by atomic mass is 9.72. The van der Waals surface area contributed by atoms with Gasteiger partial charge in [-0.2, -0.15) is 0 Å². The van der Waals surface area contributed by atoms with Crippen LogP contribution in [-0.2, 0) is 10.8 Å². The summed E-state index contributed by atoms with van der Waals surface area (Å²) in [5.41, 5.74) is 16.4. The first kappa shape index (κ1) is 44.2. The van der Waals surface area contributed by atoms with Crippen molar-refractivity contribution in [3.05, 3.63) is 241 Å². The number of anilines is 6. The Morgan fingerprint density at radius 1 is 0.295 bits per heavy atom. The van der Waals surface area contributed by atoms with Crippen LogP contribution in [0.25, 0.3) is 106 Å². The fourth-order valence-corrected chi connectivity index (χ4v) is 16.2. The fourth-order valence-electron chi connectivity index (χ4n) is 13.9. The average Bonchev–Trinajstić information content (AvgIpc) is 3.70. The van der Waals surface area contributed by atoms with Crippen LogP contribution in [0.2, 0.25) is 0 Å². The number of fused-ring (bicyclic) bond motifs is 12. The summed E-state index contributed by atoms with van der Waals surface area (Å²) in [6.07, 6.45) is 7.66. The Kier molecular flexibility index (Phi) is 8.97. The van der Waals surface area contributed by atoms with E-state index in [-0.39, 0.29) is 10.8 Å². The van der Waals surface area contributed by atoms with Crippen molar-refractivity contribution in [2.45, 2.75) is 38.5 Å². The van der Waals surface area contributed by atoms with E-state index in [9.17, 15) is 0 Å². The molecule has 6 heterocycles. The molecule has 2 aliphatic heterocycles. The van der Waals surface area contributed by atoms with Crippen LogP contribution in [0.3, 0.4) is 0 Å². The average molecular weight is 1030 g/mol. The summed E-state index contributed by atoms with van der Waals surface area (Å²) in [5.74, 6) is 0. The topological polar surface area (TPSA) is 32.3 Å². The zero-order valence-corrected chi connectivity index (χ0v) is 45.0. The molecule has 0 saturated heterocycles. The van der Waals surface area contributed by atoms with Crippen LogP contribution < -0.4 is 9.80 Å². The molecule has 0 spiro atoms. The van der Waals surface area contributed by atoms with E-state index < -0.39 is 0 Å². The standard InChI is InChI=1S/C72H48N4S2/c1-71(2)55-33-41(43-13-11-31-73-39-43)23-27-61(55)75(63-37-67-53(35-57(63)71)45-15-5-7-21-65(45)77-67)59-29-25-49-48-18-10-20-52-60(30-26-50(70(48)52)47-17-9-19-51(59)69(47)49)76-62-28-24-42(44-14-12-32-74-40-44)34-56(62)72(3,4)58-36-54-46-16-6-8-22-66(46)78-68(54)38-64(58)76/h5-40H,1-4H3. The molecule has 6 heteroatoms. The van der Waals surface area contributed by atoms with Crippen LogP contribution in [0.1, 0.15) is 49.9 Å². The first-order valence-electron chi connectivity index (χ1n) is 26.9. The molecule has 0 fully saturated rings. The van der Waals surface area contributed by atoms with Crippen molar-refractivity contribution in [3.63, 3.8) is 0 Å². The van der Waals surface area contributed by atoms with Gasteiger partial charge in [-0.3, -0.25) is 9.97 Å². The number of pyridine rings is 2. The maximum Gasteiger partial charge on any atom is 0.0540 e. The zero-order chi connectivity index (χ0) is 51.8. The van der Waals surface area contributed by atoms with Crippen LogP contribution in [0.15, 0.2) is 219 Å². The third-order valence-electron chi connectivity index (χ3n) is 17.7.